The van der Waals surface area contributed by atoms with Crippen LogP contribution in [-0.4, -0.2) is 23.4 Å². The van der Waals surface area contributed by atoms with Gasteiger partial charge in [-0.25, -0.2) is 0 Å². The molecule has 1 heterocycles. The number of aliphatic hydroxyl groups excluding tert-OH is 1. The largest absolute Gasteiger partial charge is 0.506 e. The van der Waals surface area contributed by atoms with E-state index in [0.29, 0.717) is 0 Å². The predicted molar refractivity (Wildman–Crippen MR) is 51.0 cm³/mol. The molecular formula is C10H13NO2. The number of fused-ring (bicyclic) bond motifs is 1. The fourth-order valence-corrected chi connectivity index (χ4v) is 1.81. The van der Waals surface area contributed by atoms with Gasteiger partial charge in [0.15, 0.2) is 0 Å². The Bertz CT molecular complexity index is 312. The maximum atomic E-state index is 9.53. The molecule has 0 saturated carbocycles. The topological polar surface area (TPSA) is 52.5 Å². The van der Waals surface area contributed by atoms with Crippen molar-refractivity contribution in [2.24, 2.45) is 0 Å². The van der Waals surface area contributed by atoms with Gasteiger partial charge in [0.1, 0.15) is 5.75 Å². The van der Waals surface area contributed by atoms with Gasteiger partial charge in [-0.15, -0.1) is 0 Å². The van der Waals surface area contributed by atoms with Crippen molar-refractivity contribution in [3.8, 4) is 5.75 Å². The van der Waals surface area contributed by atoms with Gasteiger partial charge in [-0.3, -0.25) is 0 Å². The molecule has 1 aliphatic rings. The lowest BCUT2D eigenvalue weighted by Crippen LogP contribution is -2.18. The lowest BCUT2D eigenvalue weighted by Gasteiger charge is -2.25. The summed E-state index contributed by atoms with van der Waals surface area (Å²) < 4.78 is 0. The molecular weight excluding hydrogens is 166 g/mol. The van der Waals surface area contributed by atoms with Crippen LogP contribution in [0.2, 0.25) is 0 Å². The Labute approximate surface area is 77.0 Å². The van der Waals surface area contributed by atoms with E-state index >= 15 is 0 Å². The van der Waals surface area contributed by atoms with Gasteiger partial charge in [-0.2, -0.15) is 0 Å². The number of anilines is 1. The van der Waals surface area contributed by atoms with Gasteiger partial charge >= 0.3 is 0 Å². The third-order valence-electron chi connectivity index (χ3n) is 2.53. The molecule has 0 aromatic heterocycles. The number of aliphatic hydroxyl groups is 1. The van der Waals surface area contributed by atoms with Crippen LogP contribution >= 0.6 is 0 Å². The molecule has 0 radical (unpaired) electrons. The van der Waals surface area contributed by atoms with E-state index in [1.165, 1.54) is 0 Å². The maximum absolute atomic E-state index is 9.53. The van der Waals surface area contributed by atoms with Crippen LogP contribution in [-0.2, 0) is 0 Å². The third kappa shape index (κ3) is 1.35. The monoisotopic (exact) mass is 179 g/mol. The molecule has 2 rings (SSSR count). The fraction of sp³-hybridized carbons (Fsp3) is 0.400. The summed E-state index contributed by atoms with van der Waals surface area (Å²) in [5.41, 5.74) is 1.81. The Morgan fingerprint density at radius 2 is 2.31 bits per heavy atom. The van der Waals surface area contributed by atoms with Crippen molar-refractivity contribution in [1.29, 1.82) is 0 Å². The average molecular weight is 179 g/mol. The molecule has 0 bridgehead atoms. The lowest BCUT2D eigenvalue weighted by atomic mass is 9.91. The molecule has 0 aliphatic carbocycles. The Kier molecular flexibility index (Phi) is 2.10. The van der Waals surface area contributed by atoms with Crippen LogP contribution < -0.4 is 5.32 Å². The molecule has 3 N–H and O–H groups in total. The molecule has 0 spiro atoms. The molecule has 3 nitrogen and oxygen atoms in total. The normalized spacial score (nSPS) is 20.5. The van der Waals surface area contributed by atoms with Crippen molar-refractivity contribution in [3.63, 3.8) is 0 Å². The van der Waals surface area contributed by atoms with Crippen molar-refractivity contribution >= 4 is 5.69 Å². The van der Waals surface area contributed by atoms with Crippen LogP contribution in [0.4, 0.5) is 5.69 Å². The minimum Gasteiger partial charge on any atom is -0.506 e. The molecule has 0 fully saturated rings. The quantitative estimate of drug-likeness (QED) is 0.569. The van der Waals surface area contributed by atoms with Crippen molar-refractivity contribution in [2.45, 2.75) is 12.3 Å². The molecule has 13 heavy (non-hydrogen) atoms. The Morgan fingerprint density at radius 1 is 1.46 bits per heavy atom. The molecule has 1 aromatic carbocycles. The van der Waals surface area contributed by atoms with E-state index in [2.05, 4.69) is 5.32 Å². The lowest BCUT2D eigenvalue weighted by molar-refractivity contribution is 0.259. The first-order valence-electron chi connectivity index (χ1n) is 4.49. The average Bonchev–Trinajstić information content (AvgIpc) is 2.18. The summed E-state index contributed by atoms with van der Waals surface area (Å²) in [4.78, 5) is 0. The number of hydrogen-bond acceptors (Lipinski definition) is 3. The van der Waals surface area contributed by atoms with Gasteiger partial charge in [0.2, 0.25) is 0 Å². The number of hydrogen-bond donors (Lipinski definition) is 3. The first-order valence-corrected chi connectivity index (χ1v) is 4.49. The Balaban J connectivity index is 2.45. The molecule has 1 unspecified atom stereocenters. The van der Waals surface area contributed by atoms with Gasteiger partial charge in [0, 0.05) is 12.5 Å². The summed E-state index contributed by atoms with van der Waals surface area (Å²) >= 11 is 0. The Morgan fingerprint density at radius 3 is 3.08 bits per heavy atom. The number of aromatic hydroxyl groups is 1. The van der Waals surface area contributed by atoms with Crippen LogP contribution in [0.1, 0.15) is 17.9 Å². The van der Waals surface area contributed by atoms with Gasteiger partial charge in [-0.1, -0.05) is 12.1 Å². The van der Waals surface area contributed by atoms with Gasteiger partial charge in [0.25, 0.3) is 0 Å². The summed E-state index contributed by atoms with van der Waals surface area (Å²) in [6, 6.07) is 5.41. The fourth-order valence-electron chi connectivity index (χ4n) is 1.81. The van der Waals surface area contributed by atoms with Crippen molar-refractivity contribution in [2.75, 3.05) is 18.5 Å². The van der Waals surface area contributed by atoms with E-state index in [1.807, 2.05) is 12.1 Å². The van der Waals surface area contributed by atoms with E-state index in [-0.39, 0.29) is 18.3 Å². The second kappa shape index (κ2) is 3.26. The van der Waals surface area contributed by atoms with Crippen LogP contribution in [0.3, 0.4) is 0 Å². The number of nitrogens with one attached hydrogen (secondary N) is 1. The van der Waals surface area contributed by atoms with Gasteiger partial charge < -0.3 is 15.5 Å². The first-order chi connectivity index (χ1) is 6.33. The predicted octanol–water partition coefficient (Wildman–Crippen LogP) is 1.28. The highest BCUT2D eigenvalue weighted by Crippen LogP contribution is 2.36. The van der Waals surface area contributed by atoms with E-state index in [1.54, 1.807) is 6.07 Å². The molecule has 3 heteroatoms. The summed E-state index contributed by atoms with van der Waals surface area (Å²) in [5, 5.41) is 21.8. The van der Waals surface area contributed by atoms with Crippen molar-refractivity contribution < 1.29 is 10.2 Å². The first kappa shape index (κ1) is 8.38. The van der Waals surface area contributed by atoms with Crippen LogP contribution in [0.15, 0.2) is 18.2 Å². The van der Waals surface area contributed by atoms with E-state index < -0.39 is 0 Å². The van der Waals surface area contributed by atoms with Crippen LogP contribution in [0.25, 0.3) is 0 Å². The number of benzene rings is 1. The second-order valence-corrected chi connectivity index (χ2v) is 3.34. The zero-order valence-corrected chi connectivity index (χ0v) is 7.33. The van der Waals surface area contributed by atoms with Crippen molar-refractivity contribution in [1.82, 2.24) is 0 Å². The minimum absolute atomic E-state index is 0.151. The molecule has 1 aliphatic heterocycles. The van der Waals surface area contributed by atoms with Gasteiger partial charge in [0.05, 0.1) is 12.3 Å². The highest BCUT2D eigenvalue weighted by molar-refractivity contribution is 5.63. The number of phenols is 1. The standard InChI is InChI=1S/C10H13NO2/c12-6-7-4-5-11-10-8(7)2-1-3-9(10)13/h1-3,7,11-13H,4-6H2. The summed E-state index contributed by atoms with van der Waals surface area (Å²) in [7, 11) is 0. The van der Waals surface area contributed by atoms with Crippen molar-refractivity contribution in [3.05, 3.63) is 23.8 Å². The molecule has 0 amide bonds. The summed E-state index contributed by atoms with van der Waals surface area (Å²) in [5.74, 6) is 0.444. The van der Waals surface area contributed by atoms with E-state index in [0.717, 1.165) is 24.2 Å². The minimum atomic E-state index is 0.151. The molecule has 1 aromatic rings. The Hall–Kier alpha value is -1.22. The number of para-hydroxylation sites is 1. The van der Waals surface area contributed by atoms with E-state index in [4.69, 9.17) is 5.11 Å². The number of phenolic OH excluding ortho intramolecular Hbond substituents is 1. The van der Waals surface area contributed by atoms with Crippen LogP contribution in [0, 0.1) is 0 Å². The zero-order chi connectivity index (χ0) is 9.26. The third-order valence-corrected chi connectivity index (χ3v) is 2.53. The zero-order valence-electron chi connectivity index (χ0n) is 7.33. The molecule has 0 saturated heterocycles. The molecule has 70 valence electrons. The summed E-state index contributed by atoms with van der Waals surface area (Å²) in [6.45, 7) is 0.966. The highest BCUT2D eigenvalue weighted by atomic mass is 16.3. The SMILES string of the molecule is OCC1CCNc2c(O)cccc21. The maximum Gasteiger partial charge on any atom is 0.138 e. The highest BCUT2D eigenvalue weighted by Gasteiger charge is 2.20. The van der Waals surface area contributed by atoms with Crippen LogP contribution in [0.5, 0.6) is 5.75 Å². The van der Waals surface area contributed by atoms with E-state index in [9.17, 15) is 5.11 Å². The second-order valence-electron chi connectivity index (χ2n) is 3.34. The smallest absolute Gasteiger partial charge is 0.138 e. The van der Waals surface area contributed by atoms with Gasteiger partial charge in [-0.05, 0) is 18.1 Å². The number of rotatable bonds is 1. The summed E-state index contributed by atoms with van der Waals surface area (Å²) in [6.07, 6.45) is 0.924. The molecule has 1 atom stereocenters.